The van der Waals surface area contributed by atoms with Crippen LogP contribution in [-0.4, -0.2) is 34.2 Å². The summed E-state index contributed by atoms with van der Waals surface area (Å²) in [6, 6.07) is 0.272. The van der Waals surface area contributed by atoms with Crippen molar-refractivity contribution in [2.75, 3.05) is 6.54 Å². The van der Waals surface area contributed by atoms with Gasteiger partial charge < -0.3 is 20.4 Å². The molecule has 3 N–H and O–H groups in total. The van der Waals surface area contributed by atoms with E-state index in [-0.39, 0.29) is 12.1 Å². The number of hydrogen-bond donors (Lipinski definition) is 3. The Bertz CT molecular complexity index is 474. The van der Waals surface area contributed by atoms with Crippen molar-refractivity contribution in [3.8, 4) is 0 Å². The predicted octanol–water partition coefficient (Wildman–Crippen LogP) is 2.11. The monoisotopic (exact) mass is 294 g/mol. The summed E-state index contributed by atoms with van der Waals surface area (Å²) in [7, 11) is 0. The van der Waals surface area contributed by atoms with Gasteiger partial charge in [0.1, 0.15) is 5.60 Å². The van der Waals surface area contributed by atoms with Crippen molar-refractivity contribution in [1.82, 2.24) is 20.6 Å². The molecule has 1 saturated carbocycles. The Labute approximate surface area is 126 Å². The summed E-state index contributed by atoms with van der Waals surface area (Å²) in [5.74, 6) is 0.638. The zero-order chi connectivity index (χ0) is 15.5. The maximum absolute atomic E-state index is 11.7. The standard InChI is InChI=1S/C15H26N4O2/c1-10-12(19-9-18-10)7-16-13(11-5-6-11)8-17-14(20)21-15(2,3)4/h9,11,13,16H,5-8H2,1-4H3,(H,17,20)(H,18,19). The van der Waals surface area contributed by atoms with Gasteiger partial charge in [0, 0.05) is 24.8 Å². The Kier molecular flexibility index (Phi) is 4.88. The van der Waals surface area contributed by atoms with E-state index >= 15 is 0 Å². The molecule has 1 aromatic rings. The first-order valence-electron chi connectivity index (χ1n) is 7.54. The molecule has 0 radical (unpaired) electrons. The smallest absolute Gasteiger partial charge is 0.407 e. The third kappa shape index (κ3) is 5.38. The van der Waals surface area contributed by atoms with Crippen LogP contribution in [0.25, 0.3) is 0 Å². The van der Waals surface area contributed by atoms with Gasteiger partial charge in [-0.15, -0.1) is 0 Å². The lowest BCUT2D eigenvalue weighted by Crippen LogP contribution is -2.43. The molecule has 0 bridgehead atoms. The van der Waals surface area contributed by atoms with E-state index in [9.17, 15) is 4.79 Å². The lowest BCUT2D eigenvalue weighted by atomic mass is 10.1. The fourth-order valence-electron chi connectivity index (χ4n) is 2.20. The van der Waals surface area contributed by atoms with Crippen LogP contribution in [0.2, 0.25) is 0 Å². The highest BCUT2D eigenvalue weighted by Crippen LogP contribution is 2.32. The molecule has 1 unspecified atom stereocenters. The maximum Gasteiger partial charge on any atom is 0.407 e. The summed E-state index contributed by atoms with van der Waals surface area (Å²) in [5, 5.41) is 6.34. The van der Waals surface area contributed by atoms with Crippen LogP contribution < -0.4 is 10.6 Å². The molecule has 0 aliphatic heterocycles. The molecule has 1 aliphatic rings. The largest absolute Gasteiger partial charge is 0.444 e. The molecular formula is C15H26N4O2. The third-order valence-corrected chi connectivity index (χ3v) is 3.52. The van der Waals surface area contributed by atoms with Crippen molar-refractivity contribution >= 4 is 6.09 Å². The second kappa shape index (κ2) is 6.47. The number of imidazole rings is 1. The molecule has 21 heavy (non-hydrogen) atoms. The van der Waals surface area contributed by atoms with E-state index in [1.54, 1.807) is 6.33 Å². The number of carbonyl (C=O) groups is 1. The zero-order valence-electron chi connectivity index (χ0n) is 13.3. The van der Waals surface area contributed by atoms with Crippen molar-refractivity contribution in [2.45, 2.75) is 58.7 Å². The second-order valence-electron chi connectivity index (χ2n) is 6.68. The minimum Gasteiger partial charge on any atom is -0.444 e. The number of alkyl carbamates (subject to hydrolysis) is 1. The Morgan fingerprint density at radius 1 is 1.52 bits per heavy atom. The fraction of sp³-hybridized carbons (Fsp3) is 0.733. The van der Waals surface area contributed by atoms with Crippen LogP contribution in [0.15, 0.2) is 6.33 Å². The number of aryl methyl sites for hydroxylation is 1. The van der Waals surface area contributed by atoms with Crippen LogP contribution in [-0.2, 0) is 11.3 Å². The molecule has 1 heterocycles. The van der Waals surface area contributed by atoms with E-state index in [4.69, 9.17) is 4.74 Å². The van der Waals surface area contributed by atoms with Crippen LogP contribution >= 0.6 is 0 Å². The van der Waals surface area contributed by atoms with E-state index < -0.39 is 5.60 Å². The van der Waals surface area contributed by atoms with Crippen LogP contribution in [0.1, 0.15) is 45.0 Å². The van der Waals surface area contributed by atoms with Crippen molar-refractivity contribution < 1.29 is 9.53 Å². The number of nitrogens with zero attached hydrogens (tertiary/aromatic N) is 1. The third-order valence-electron chi connectivity index (χ3n) is 3.52. The molecule has 118 valence electrons. The number of ether oxygens (including phenoxy) is 1. The lowest BCUT2D eigenvalue weighted by Gasteiger charge is -2.22. The van der Waals surface area contributed by atoms with E-state index in [0.29, 0.717) is 19.0 Å². The van der Waals surface area contributed by atoms with Crippen molar-refractivity contribution in [3.05, 3.63) is 17.7 Å². The topological polar surface area (TPSA) is 79.0 Å². The number of H-pyrrole nitrogens is 1. The molecule has 6 heteroatoms. The number of aromatic nitrogens is 2. The quantitative estimate of drug-likeness (QED) is 0.751. The van der Waals surface area contributed by atoms with Gasteiger partial charge in [-0.05, 0) is 46.5 Å². The number of carbonyl (C=O) groups excluding carboxylic acids is 1. The molecule has 1 fully saturated rings. The summed E-state index contributed by atoms with van der Waals surface area (Å²) in [6.07, 6.45) is 3.78. The number of nitrogens with one attached hydrogen (secondary N) is 3. The molecule has 2 rings (SSSR count). The Morgan fingerprint density at radius 3 is 2.76 bits per heavy atom. The molecule has 1 amide bonds. The van der Waals surface area contributed by atoms with Gasteiger partial charge in [-0.1, -0.05) is 0 Å². The molecule has 0 aromatic carbocycles. The second-order valence-corrected chi connectivity index (χ2v) is 6.68. The molecule has 0 spiro atoms. The fourth-order valence-corrected chi connectivity index (χ4v) is 2.20. The highest BCUT2D eigenvalue weighted by Gasteiger charge is 2.31. The summed E-state index contributed by atoms with van der Waals surface area (Å²) in [6.45, 7) is 8.90. The van der Waals surface area contributed by atoms with E-state index in [0.717, 1.165) is 11.4 Å². The van der Waals surface area contributed by atoms with Crippen LogP contribution in [0.3, 0.4) is 0 Å². The minimum absolute atomic E-state index is 0.272. The molecule has 1 atom stereocenters. The van der Waals surface area contributed by atoms with Crippen molar-refractivity contribution in [2.24, 2.45) is 5.92 Å². The number of amides is 1. The molecule has 1 aliphatic carbocycles. The van der Waals surface area contributed by atoms with Gasteiger partial charge in [-0.3, -0.25) is 0 Å². The maximum atomic E-state index is 11.7. The molecule has 1 aromatic heterocycles. The average Bonchev–Trinajstić information content (AvgIpc) is 3.11. The average molecular weight is 294 g/mol. The molecule has 0 saturated heterocycles. The predicted molar refractivity (Wildman–Crippen MR) is 80.9 cm³/mol. The Hall–Kier alpha value is -1.56. The van der Waals surface area contributed by atoms with Gasteiger partial charge >= 0.3 is 6.09 Å². The first-order chi connectivity index (χ1) is 9.85. The van der Waals surface area contributed by atoms with E-state index in [2.05, 4.69) is 20.6 Å². The summed E-state index contributed by atoms with van der Waals surface area (Å²) in [4.78, 5) is 19.1. The number of aromatic amines is 1. The number of hydrogen-bond acceptors (Lipinski definition) is 4. The Balaban J connectivity index is 1.77. The van der Waals surface area contributed by atoms with Crippen molar-refractivity contribution in [1.29, 1.82) is 0 Å². The van der Waals surface area contributed by atoms with Gasteiger partial charge in [-0.25, -0.2) is 9.78 Å². The first kappa shape index (κ1) is 15.8. The SMILES string of the molecule is Cc1[nH]cnc1CNC(CNC(=O)OC(C)(C)C)C1CC1. The lowest BCUT2D eigenvalue weighted by molar-refractivity contribution is 0.0521. The highest BCUT2D eigenvalue weighted by molar-refractivity contribution is 5.67. The van der Waals surface area contributed by atoms with E-state index in [1.165, 1.54) is 12.8 Å². The van der Waals surface area contributed by atoms with Gasteiger partial charge in [0.25, 0.3) is 0 Å². The Morgan fingerprint density at radius 2 is 2.24 bits per heavy atom. The van der Waals surface area contributed by atoms with Crippen LogP contribution in [0, 0.1) is 12.8 Å². The number of rotatable bonds is 6. The zero-order valence-corrected chi connectivity index (χ0v) is 13.3. The highest BCUT2D eigenvalue weighted by atomic mass is 16.6. The van der Waals surface area contributed by atoms with E-state index in [1.807, 2.05) is 27.7 Å². The minimum atomic E-state index is -0.460. The summed E-state index contributed by atoms with van der Waals surface area (Å²) >= 11 is 0. The normalized spacial score (nSPS) is 16.6. The first-order valence-corrected chi connectivity index (χ1v) is 7.54. The van der Waals surface area contributed by atoms with Crippen LogP contribution in [0.4, 0.5) is 4.79 Å². The van der Waals surface area contributed by atoms with Crippen molar-refractivity contribution in [3.63, 3.8) is 0 Å². The van der Waals surface area contributed by atoms with Gasteiger partial charge in [0.05, 0.1) is 12.0 Å². The molecule has 6 nitrogen and oxygen atoms in total. The van der Waals surface area contributed by atoms with Gasteiger partial charge in [0.2, 0.25) is 0 Å². The van der Waals surface area contributed by atoms with Gasteiger partial charge in [0.15, 0.2) is 0 Å². The summed E-state index contributed by atoms with van der Waals surface area (Å²) in [5.41, 5.74) is 1.65. The summed E-state index contributed by atoms with van der Waals surface area (Å²) < 4.78 is 5.26. The van der Waals surface area contributed by atoms with Crippen LogP contribution in [0.5, 0.6) is 0 Å². The van der Waals surface area contributed by atoms with Gasteiger partial charge in [-0.2, -0.15) is 0 Å². The molecular weight excluding hydrogens is 268 g/mol.